The van der Waals surface area contributed by atoms with E-state index >= 15 is 0 Å². The topological polar surface area (TPSA) is 157 Å². The number of aliphatic hydroxyl groups is 3. The van der Waals surface area contributed by atoms with Crippen LogP contribution in [-0.2, 0) is 0 Å². The molecule has 1 aliphatic rings. The first kappa shape index (κ1) is 12.6. The second-order valence-electron chi connectivity index (χ2n) is 4.05. The summed E-state index contributed by atoms with van der Waals surface area (Å²) in [6.45, 7) is -0.330. The number of nitrogen functional groups attached to an aromatic ring is 1. The van der Waals surface area contributed by atoms with Crippen molar-refractivity contribution in [2.24, 2.45) is 0 Å². The van der Waals surface area contributed by atoms with Gasteiger partial charge in [-0.1, -0.05) is 0 Å². The van der Waals surface area contributed by atoms with Crippen molar-refractivity contribution in [2.75, 3.05) is 29.5 Å². The van der Waals surface area contributed by atoms with Crippen LogP contribution in [0.5, 0.6) is 0 Å². The smallest absolute Gasteiger partial charge is 0.277 e. The van der Waals surface area contributed by atoms with Crippen molar-refractivity contribution >= 4 is 17.5 Å². The third-order valence-electron chi connectivity index (χ3n) is 2.75. The Morgan fingerprint density at radius 3 is 2.89 bits per heavy atom. The van der Waals surface area contributed by atoms with Gasteiger partial charge in [0.1, 0.15) is 17.9 Å². The van der Waals surface area contributed by atoms with E-state index in [1.807, 2.05) is 0 Å². The van der Waals surface area contributed by atoms with E-state index in [4.69, 9.17) is 10.8 Å². The number of anilines is 3. The van der Waals surface area contributed by atoms with Crippen molar-refractivity contribution in [1.82, 2.24) is 9.97 Å². The molecule has 9 heteroatoms. The summed E-state index contributed by atoms with van der Waals surface area (Å²) in [5, 5.41) is 33.5. The number of nitrogens with two attached hydrogens (primary N) is 1. The minimum atomic E-state index is -1.29. The van der Waals surface area contributed by atoms with Crippen molar-refractivity contribution in [1.29, 1.82) is 0 Å². The quantitative estimate of drug-likeness (QED) is 0.307. The summed E-state index contributed by atoms with van der Waals surface area (Å²) >= 11 is 0. The van der Waals surface area contributed by atoms with E-state index in [1.54, 1.807) is 0 Å². The van der Waals surface area contributed by atoms with Crippen LogP contribution in [0, 0.1) is 0 Å². The van der Waals surface area contributed by atoms with Crippen LogP contribution in [0.2, 0.25) is 0 Å². The number of rotatable bonds is 3. The Labute approximate surface area is 102 Å². The molecule has 2 rings (SSSR count). The highest BCUT2D eigenvalue weighted by Crippen LogP contribution is 2.21. The van der Waals surface area contributed by atoms with Crippen molar-refractivity contribution in [3.63, 3.8) is 0 Å². The van der Waals surface area contributed by atoms with Gasteiger partial charge in [0.15, 0.2) is 5.82 Å². The van der Waals surface area contributed by atoms with Gasteiger partial charge in [0.2, 0.25) is 5.95 Å². The standard InChI is InChI=1S/C9H15N5O4/c10-9-13-7-5(8(18)14-9)12-3(1-11-7)6(17)4(16)2-15/h3-4,6,12,15-17H,1-2H2,(H4,10,11,13,14,18)/t3?,4-,6-/m0/s1. The van der Waals surface area contributed by atoms with E-state index in [9.17, 15) is 15.0 Å². The van der Waals surface area contributed by atoms with Gasteiger partial charge in [-0.3, -0.25) is 9.78 Å². The van der Waals surface area contributed by atoms with E-state index in [0.29, 0.717) is 0 Å². The monoisotopic (exact) mass is 257 g/mol. The van der Waals surface area contributed by atoms with E-state index < -0.39 is 30.4 Å². The molecule has 1 aliphatic heterocycles. The largest absolute Gasteiger partial charge is 0.394 e. The number of hydrogen-bond acceptors (Lipinski definition) is 8. The molecule has 0 radical (unpaired) electrons. The van der Waals surface area contributed by atoms with Gasteiger partial charge in [-0.15, -0.1) is 0 Å². The molecule has 0 fully saturated rings. The van der Waals surface area contributed by atoms with Crippen LogP contribution in [0.1, 0.15) is 0 Å². The summed E-state index contributed by atoms with van der Waals surface area (Å²) in [7, 11) is 0. The van der Waals surface area contributed by atoms with Crippen LogP contribution in [-0.4, -0.2) is 56.7 Å². The average molecular weight is 257 g/mol. The maximum absolute atomic E-state index is 11.6. The number of nitrogens with zero attached hydrogens (tertiary/aromatic N) is 1. The minimum Gasteiger partial charge on any atom is -0.394 e. The third kappa shape index (κ3) is 2.23. The SMILES string of the molecule is Nc1nc2c(c(=O)[nH]1)NC([C@H](O)[C@@H](O)CO)CN2. The van der Waals surface area contributed by atoms with E-state index in [2.05, 4.69) is 20.6 Å². The summed E-state index contributed by atoms with van der Waals surface area (Å²) in [5.74, 6) is 0.278. The molecule has 100 valence electrons. The molecular formula is C9H15N5O4. The molecule has 0 saturated heterocycles. The predicted octanol–water partition coefficient (Wildman–Crippen LogP) is -2.73. The number of H-pyrrole nitrogens is 1. The Morgan fingerprint density at radius 1 is 1.50 bits per heavy atom. The van der Waals surface area contributed by atoms with Crippen LogP contribution in [0.4, 0.5) is 17.5 Å². The Hall–Kier alpha value is -1.84. The van der Waals surface area contributed by atoms with Gasteiger partial charge in [0.05, 0.1) is 12.6 Å². The zero-order chi connectivity index (χ0) is 13.3. The van der Waals surface area contributed by atoms with Crippen molar-refractivity contribution in [3.8, 4) is 0 Å². The molecule has 9 nitrogen and oxygen atoms in total. The van der Waals surface area contributed by atoms with Crippen LogP contribution in [0.15, 0.2) is 4.79 Å². The van der Waals surface area contributed by atoms with Crippen LogP contribution in [0.3, 0.4) is 0 Å². The lowest BCUT2D eigenvalue weighted by atomic mass is 10.0. The van der Waals surface area contributed by atoms with E-state index in [0.717, 1.165) is 0 Å². The zero-order valence-corrected chi connectivity index (χ0v) is 9.42. The summed E-state index contributed by atoms with van der Waals surface area (Å²) in [6.07, 6.45) is -2.50. The fourth-order valence-electron chi connectivity index (χ4n) is 1.78. The summed E-state index contributed by atoms with van der Waals surface area (Å²) < 4.78 is 0. The lowest BCUT2D eigenvalue weighted by molar-refractivity contribution is -0.0210. The maximum Gasteiger partial charge on any atom is 0.277 e. The van der Waals surface area contributed by atoms with E-state index in [-0.39, 0.29) is 24.0 Å². The molecular weight excluding hydrogens is 242 g/mol. The highest BCUT2D eigenvalue weighted by molar-refractivity contribution is 5.67. The zero-order valence-electron chi connectivity index (χ0n) is 9.42. The molecule has 0 saturated carbocycles. The lowest BCUT2D eigenvalue weighted by Crippen LogP contribution is -2.50. The number of aromatic nitrogens is 2. The highest BCUT2D eigenvalue weighted by Gasteiger charge is 2.30. The fourth-order valence-corrected chi connectivity index (χ4v) is 1.78. The molecule has 1 aromatic heterocycles. The number of aliphatic hydroxyl groups excluding tert-OH is 3. The van der Waals surface area contributed by atoms with Gasteiger partial charge in [0.25, 0.3) is 5.56 Å². The molecule has 0 spiro atoms. The van der Waals surface area contributed by atoms with Gasteiger partial charge < -0.3 is 31.7 Å². The van der Waals surface area contributed by atoms with Crippen molar-refractivity contribution in [2.45, 2.75) is 18.2 Å². The first-order valence-electron chi connectivity index (χ1n) is 5.40. The Balaban J connectivity index is 2.22. The highest BCUT2D eigenvalue weighted by atomic mass is 16.4. The van der Waals surface area contributed by atoms with E-state index in [1.165, 1.54) is 0 Å². The molecule has 0 aliphatic carbocycles. The first-order chi connectivity index (χ1) is 8.52. The van der Waals surface area contributed by atoms with Gasteiger partial charge in [-0.2, -0.15) is 4.98 Å². The molecule has 1 aromatic rings. The number of aromatic amines is 1. The van der Waals surface area contributed by atoms with Gasteiger partial charge in [-0.25, -0.2) is 0 Å². The predicted molar refractivity (Wildman–Crippen MR) is 64.3 cm³/mol. The molecule has 3 atom stereocenters. The van der Waals surface area contributed by atoms with Gasteiger partial charge in [-0.05, 0) is 0 Å². The Kier molecular flexibility index (Phi) is 3.36. The van der Waals surface area contributed by atoms with Crippen LogP contribution >= 0.6 is 0 Å². The molecule has 18 heavy (non-hydrogen) atoms. The number of hydrogen-bond donors (Lipinski definition) is 7. The number of nitrogens with one attached hydrogen (secondary N) is 3. The fraction of sp³-hybridized carbons (Fsp3) is 0.556. The molecule has 2 heterocycles. The number of fused-ring (bicyclic) bond motifs is 1. The summed E-state index contributed by atoms with van der Waals surface area (Å²) in [6, 6.07) is -0.619. The maximum atomic E-state index is 11.6. The molecule has 0 aromatic carbocycles. The van der Waals surface area contributed by atoms with Gasteiger partial charge >= 0.3 is 0 Å². The van der Waals surface area contributed by atoms with Crippen LogP contribution in [0.25, 0.3) is 0 Å². The summed E-state index contributed by atoms with van der Waals surface area (Å²) in [5.41, 5.74) is 5.06. The molecule has 0 amide bonds. The lowest BCUT2D eigenvalue weighted by Gasteiger charge is -2.31. The minimum absolute atomic E-state index is 0.0116. The third-order valence-corrected chi connectivity index (χ3v) is 2.75. The molecule has 0 bridgehead atoms. The molecule has 8 N–H and O–H groups in total. The van der Waals surface area contributed by atoms with Crippen molar-refractivity contribution < 1.29 is 15.3 Å². The molecule has 1 unspecified atom stereocenters. The summed E-state index contributed by atoms with van der Waals surface area (Å²) in [4.78, 5) is 17.8. The first-order valence-corrected chi connectivity index (χ1v) is 5.40. The Morgan fingerprint density at radius 2 is 2.22 bits per heavy atom. The normalized spacial score (nSPS) is 21.4. The van der Waals surface area contributed by atoms with Crippen molar-refractivity contribution in [3.05, 3.63) is 10.4 Å². The Bertz CT molecular complexity index is 490. The van der Waals surface area contributed by atoms with Gasteiger partial charge in [0, 0.05) is 6.54 Å². The van der Waals surface area contributed by atoms with Crippen LogP contribution < -0.4 is 21.9 Å². The average Bonchev–Trinajstić information content (AvgIpc) is 2.36. The second-order valence-corrected chi connectivity index (χ2v) is 4.05. The second kappa shape index (κ2) is 4.80.